The molecule has 0 N–H and O–H groups in total. The van der Waals surface area contributed by atoms with E-state index in [9.17, 15) is 4.79 Å². The molecule has 1 aromatic rings. The molecule has 4 heteroatoms. The SMILES string of the molecule is CCCOCC(=O)c1ccnc(Cl)c1. The summed E-state index contributed by atoms with van der Waals surface area (Å²) in [6.07, 6.45) is 2.42. The smallest absolute Gasteiger partial charge is 0.188 e. The third-order valence-corrected chi connectivity index (χ3v) is 1.84. The standard InChI is InChI=1S/C10H12ClNO2/c1-2-5-14-7-9(13)8-3-4-12-10(11)6-8/h3-4,6H,2,5,7H2,1H3. The average Bonchev–Trinajstić information content (AvgIpc) is 2.18. The first-order valence-electron chi connectivity index (χ1n) is 4.46. The number of carbonyl (C=O) groups is 1. The van der Waals surface area contributed by atoms with Gasteiger partial charge in [0.2, 0.25) is 0 Å². The summed E-state index contributed by atoms with van der Waals surface area (Å²) in [5.41, 5.74) is 0.543. The van der Waals surface area contributed by atoms with Crippen LogP contribution in [0.1, 0.15) is 23.7 Å². The Morgan fingerprint density at radius 1 is 1.64 bits per heavy atom. The molecule has 0 atom stereocenters. The summed E-state index contributed by atoms with van der Waals surface area (Å²) in [6, 6.07) is 3.17. The highest BCUT2D eigenvalue weighted by Crippen LogP contribution is 2.07. The Hall–Kier alpha value is -0.930. The maximum Gasteiger partial charge on any atom is 0.188 e. The highest BCUT2D eigenvalue weighted by molar-refractivity contribution is 6.29. The summed E-state index contributed by atoms with van der Waals surface area (Å²) in [7, 11) is 0. The fourth-order valence-corrected chi connectivity index (χ4v) is 1.14. The second-order valence-electron chi connectivity index (χ2n) is 2.84. The average molecular weight is 214 g/mol. The van der Waals surface area contributed by atoms with Gasteiger partial charge in [0, 0.05) is 18.4 Å². The van der Waals surface area contributed by atoms with Crippen LogP contribution in [-0.4, -0.2) is 24.0 Å². The van der Waals surface area contributed by atoms with E-state index in [0.29, 0.717) is 17.3 Å². The monoisotopic (exact) mass is 213 g/mol. The number of carbonyl (C=O) groups excluding carboxylic acids is 1. The molecule has 1 aromatic heterocycles. The minimum absolute atomic E-state index is 0.0669. The lowest BCUT2D eigenvalue weighted by atomic mass is 10.2. The highest BCUT2D eigenvalue weighted by Gasteiger charge is 2.05. The topological polar surface area (TPSA) is 39.2 Å². The number of Topliss-reactive ketones (excluding diaryl/α,β-unsaturated/α-hetero) is 1. The van der Waals surface area contributed by atoms with E-state index in [-0.39, 0.29) is 12.4 Å². The second-order valence-corrected chi connectivity index (χ2v) is 3.23. The van der Waals surface area contributed by atoms with Crippen LogP contribution in [0.5, 0.6) is 0 Å². The summed E-state index contributed by atoms with van der Waals surface area (Å²) in [5, 5.41) is 0.325. The van der Waals surface area contributed by atoms with Gasteiger partial charge in [-0.05, 0) is 18.6 Å². The van der Waals surface area contributed by atoms with Crippen LogP contribution in [0.25, 0.3) is 0 Å². The Kier molecular flexibility index (Phi) is 4.56. The molecule has 1 rings (SSSR count). The number of ether oxygens (including phenoxy) is 1. The Bertz CT molecular complexity index is 315. The van der Waals surface area contributed by atoms with Gasteiger partial charge in [-0.2, -0.15) is 0 Å². The van der Waals surface area contributed by atoms with E-state index in [4.69, 9.17) is 16.3 Å². The van der Waals surface area contributed by atoms with Crippen LogP contribution < -0.4 is 0 Å². The predicted molar refractivity (Wildman–Crippen MR) is 54.7 cm³/mol. The Balaban J connectivity index is 2.52. The molecule has 0 fully saturated rings. The van der Waals surface area contributed by atoms with E-state index in [1.54, 1.807) is 12.1 Å². The molecular weight excluding hydrogens is 202 g/mol. The zero-order valence-electron chi connectivity index (χ0n) is 8.00. The third kappa shape index (κ3) is 3.44. The maximum absolute atomic E-state index is 11.5. The van der Waals surface area contributed by atoms with Crippen LogP contribution in [0.15, 0.2) is 18.3 Å². The first-order valence-corrected chi connectivity index (χ1v) is 4.84. The van der Waals surface area contributed by atoms with Crippen molar-refractivity contribution < 1.29 is 9.53 Å². The zero-order valence-corrected chi connectivity index (χ0v) is 8.75. The van der Waals surface area contributed by atoms with Crippen molar-refractivity contribution in [3.8, 4) is 0 Å². The maximum atomic E-state index is 11.5. The predicted octanol–water partition coefficient (Wildman–Crippen LogP) is 2.34. The van der Waals surface area contributed by atoms with Crippen LogP contribution in [0.2, 0.25) is 5.15 Å². The van der Waals surface area contributed by atoms with Crippen molar-refractivity contribution in [2.24, 2.45) is 0 Å². The van der Waals surface area contributed by atoms with Crippen LogP contribution in [0.4, 0.5) is 0 Å². The Morgan fingerprint density at radius 3 is 3.07 bits per heavy atom. The molecule has 0 radical (unpaired) electrons. The summed E-state index contributed by atoms with van der Waals surface area (Å²) in [5.74, 6) is -0.0669. The molecule has 0 aliphatic heterocycles. The van der Waals surface area contributed by atoms with Crippen LogP contribution in [0.3, 0.4) is 0 Å². The Morgan fingerprint density at radius 2 is 2.43 bits per heavy atom. The van der Waals surface area contributed by atoms with E-state index in [1.807, 2.05) is 6.92 Å². The number of rotatable bonds is 5. The van der Waals surface area contributed by atoms with E-state index in [1.165, 1.54) is 6.20 Å². The molecule has 0 aliphatic carbocycles. The number of aromatic nitrogens is 1. The molecule has 3 nitrogen and oxygen atoms in total. The summed E-state index contributed by atoms with van der Waals surface area (Å²) >= 11 is 5.65. The largest absolute Gasteiger partial charge is 0.373 e. The van der Waals surface area contributed by atoms with Gasteiger partial charge in [-0.3, -0.25) is 4.79 Å². The van der Waals surface area contributed by atoms with Crippen molar-refractivity contribution in [2.75, 3.05) is 13.2 Å². The van der Waals surface area contributed by atoms with Crippen molar-refractivity contribution in [1.29, 1.82) is 0 Å². The molecule has 0 amide bonds. The van der Waals surface area contributed by atoms with Gasteiger partial charge in [0.05, 0.1) is 0 Å². The molecule has 0 saturated carbocycles. The second kappa shape index (κ2) is 5.73. The number of hydrogen-bond donors (Lipinski definition) is 0. The van der Waals surface area contributed by atoms with E-state index < -0.39 is 0 Å². The third-order valence-electron chi connectivity index (χ3n) is 1.63. The fourth-order valence-electron chi connectivity index (χ4n) is 0.968. The molecule has 0 aliphatic rings. The summed E-state index contributed by atoms with van der Waals surface area (Å²) < 4.78 is 5.13. The number of ketones is 1. The molecule has 14 heavy (non-hydrogen) atoms. The van der Waals surface area contributed by atoms with Gasteiger partial charge in [0.15, 0.2) is 5.78 Å². The van der Waals surface area contributed by atoms with Gasteiger partial charge in [-0.1, -0.05) is 18.5 Å². The highest BCUT2D eigenvalue weighted by atomic mass is 35.5. The number of pyridine rings is 1. The van der Waals surface area contributed by atoms with Crippen molar-refractivity contribution in [3.63, 3.8) is 0 Å². The van der Waals surface area contributed by atoms with Crippen LogP contribution in [-0.2, 0) is 4.74 Å². The molecule has 0 unspecified atom stereocenters. The minimum atomic E-state index is -0.0669. The summed E-state index contributed by atoms with van der Waals surface area (Å²) in [6.45, 7) is 2.70. The lowest BCUT2D eigenvalue weighted by molar-refractivity contribution is 0.0761. The lowest BCUT2D eigenvalue weighted by Gasteiger charge is -2.01. The minimum Gasteiger partial charge on any atom is -0.373 e. The van der Waals surface area contributed by atoms with Gasteiger partial charge in [-0.15, -0.1) is 0 Å². The molecule has 1 heterocycles. The van der Waals surface area contributed by atoms with Crippen molar-refractivity contribution >= 4 is 17.4 Å². The first-order chi connectivity index (χ1) is 6.74. The lowest BCUT2D eigenvalue weighted by Crippen LogP contribution is -2.09. The van der Waals surface area contributed by atoms with E-state index in [0.717, 1.165) is 6.42 Å². The molecule has 0 aromatic carbocycles. The molecule has 0 spiro atoms. The normalized spacial score (nSPS) is 10.1. The van der Waals surface area contributed by atoms with Gasteiger partial charge in [0.25, 0.3) is 0 Å². The van der Waals surface area contributed by atoms with Gasteiger partial charge in [0.1, 0.15) is 11.8 Å². The van der Waals surface area contributed by atoms with Crippen molar-refractivity contribution in [2.45, 2.75) is 13.3 Å². The van der Waals surface area contributed by atoms with Crippen LogP contribution in [0, 0.1) is 0 Å². The van der Waals surface area contributed by atoms with Gasteiger partial charge >= 0.3 is 0 Å². The zero-order chi connectivity index (χ0) is 10.4. The molecular formula is C10H12ClNO2. The van der Waals surface area contributed by atoms with Crippen molar-refractivity contribution in [3.05, 3.63) is 29.0 Å². The van der Waals surface area contributed by atoms with Gasteiger partial charge in [-0.25, -0.2) is 4.98 Å². The summed E-state index contributed by atoms with van der Waals surface area (Å²) in [4.78, 5) is 15.3. The fraction of sp³-hybridized carbons (Fsp3) is 0.400. The molecule has 0 bridgehead atoms. The quantitative estimate of drug-likeness (QED) is 0.428. The molecule has 76 valence electrons. The Labute approximate surface area is 88.1 Å². The van der Waals surface area contributed by atoms with E-state index in [2.05, 4.69) is 4.98 Å². The van der Waals surface area contributed by atoms with Crippen LogP contribution >= 0.6 is 11.6 Å². The van der Waals surface area contributed by atoms with Gasteiger partial charge < -0.3 is 4.74 Å². The number of halogens is 1. The van der Waals surface area contributed by atoms with E-state index >= 15 is 0 Å². The first kappa shape index (κ1) is 11.1. The number of nitrogens with zero attached hydrogens (tertiary/aromatic N) is 1. The number of hydrogen-bond acceptors (Lipinski definition) is 3. The molecule has 0 saturated heterocycles. The van der Waals surface area contributed by atoms with Crippen molar-refractivity contribution in [1.82, 2.24) is 4.98 Å².